The van der Waals surface area contributed by atoms with Crippen LogP contribution in [-0.2, 0) is 21.6 Å². The molecule has 5 aromatic carbocycles. The van der Waals surface area contributed by atoms with E-state index in [-0.39, 0.29) is 18.3 Å². The standard InChI is InChI=1S/C33H25NO5/c35-32(38-24-25-16-20-30(21-17-25)39-31-22-18-29(19-23-31)34(36)37)33(26-10-4-1-5-11-26,27-12-6-2-7-13-27)28-14-8-3-9-15-28/h1-23H,24H2. The van der Waals surface area contributed by atoms with Gasteiger partial charge in [0.15, 0.2) is 0 Å². The minimum absolute atomic E-state index is 0.00269. The van der Waals surface area contributed by atoms with E-state index < -0.39 is 10.3 Å². The van der Waals surface area contributed by atoms with Crippen LogP contribution in [0.3, 0.4) is 0 Å². The molecule has 0 radical (unpaired) electrons. The molecule has 0 aliphatic heterocycles. The predicted molar refractivity (Wildman–Crippen MR) is 149 cm³/mol. The molecule has 6 heteroatoms. The number of nitro groups is 1. The number of carbonyl (C=O) groups excluding carboxylic acids is 1. The van der Waals surface area contributed by atoms with Crippen LogP contribution in [0.5, 0.6) is 11.5 Å². The maximum atomic E-state index is 14.1. The molecule has 0 aliphatic carbocycles. The zero-order valence-corrected chi connectivity index (χ0v) is 21.0. The third-order valence-electron chi connectivity index (χ3n) is 6.50. The van der Waals surface area contributed by atoms with E-state index in [2.05, 4.69) is 0 Å². The topological polar surface area (TPSA) is 78.7 Å². The molecule has 0 bridgehead atoms. The largest absolute Gasteiger partial charge is 0.460 e. The lowest BCUT2D eigenvalue weighted by Gasteiger charge is -2.33. The van der Waals surface area contributed by atoms with E-state index in [1.54, 1.807) is 24.3 Å². The lowest BCUT2D eigenvalue weighted by Crippen LogP contribution is -2.40. The maximum absolute atomic E-state index is 14.1. The summed E-state index contributed by atoms with van der Waals surface area (Å²) in [6, 6.07) is 42.1. The smallest absolute Gasteiger partial charge is 0.325 e. The van der Waals surface area contributed by atoms with Gasteiger partial charge in [0.05, 0.1) is 4.92 Å². The Kier molecular flexibility index (Phi) is 7.46. The van der Waals surface area contributed by atoms with E-state index >= 15 is 0 Å². The first-order chi connectivity index (χ1) is 19.1. The minimum atomic E-state index is -1.15. The van der Waals surface area contributed by atoms with Crippen molar-refractivity contribution in [3.63, 3.8) is 0 Å². The Morgan fingerprint density at radius 2 is 1.03 bits per heavy atom. The Labute approximate surface area is 226 Å². The normalized spacial score (nSPS) is 11.0. The van der Waals surface area contributed by atoms with Gasteiger partial charge < -0.3 is 9.47 Å². The summed E-state index contributed by atoms with van der Waals surface area (Å²) >= 11 is 0. The molecular weight excluding hydrogens is 490 g/mol. The van der Waals surface area contributed by atoms with Crippen molar-refractivity contribution >= 4 is 11.7 Å². The lowest BCUT2D eigenvalue weighted by molar-refractivity contribution is -0.384. The summed E-state index contributed by atoms with van der Waals surface area (Å²) < 4.78 is 11.8. The number of esters is 1. The SMILES string of the molecule is O=C(OCc1ccc(Oc2ccc([N+](=O)[O-])cc2)cc1)C(c1ccccc1)(c1ccccc1)c1ccccc1. The average Bonchev–Trinajstić information content (AvgIpc) is 2.99. The molecule has 0 N–H and O–H groups in total. The van der Waals surface area contributed by atoms with Crippen molar-refractivity contribution in [2.24, 2.45) is 0 Å². The van der Waals surface area contributed by atoms with Crippen molar-refractivity contribution in [2.75, 3.05) is 0 Å². The van der Waals surface area contributed by atoms with Gasteiger partial charge in [-0.15, -0.1) is 0 Å². The average molecular weight is 516 g/mol. The Hall–Kier alpha value is -5.23. The molecule has 0 saturated carbocycles. The molecule has 0 fully saturated rings. The van der Waals surface area contributed by atoms with Crippen molar-refractivity contribution in [2.45, 2.75) is 12.0 Å². The zero-order chi connectivity index (χ0) is 27.1. The summed E-state index contributed by atoms with van der Waals surface area (Å²) in [6.07, 6.45) is 0. The fraction of sp³-hybridized carbons (Fsp3) is 0.0606. The summed E-state index contributed by atoms with van der Waals surface area (Å²) in [7, 11) is 0. The zero-order valence-electron chi connectivity index (χ0n) is 21.0. The lowest BCUT2D eigenvalue weighted by atomic mass is 9.69. The van der Waals surface area contributed by atoms with Gasteiger partial charge in [0.2, 0.25) is 0 Å². The van der Waals surface area contributed by atoms with E-state index in [9.17, 15) is 14.9 Å². The van der Waals surface area contributed by atoms with Gasteiger partial charge in [-0.3, -0.25) is 14.9 Å². The molecule has 0 amide bonds. The first-order valence-electron chi connectivity index (χ1n) is 12.4. The quantitative estimate of drug-likeness (QED) is 0.0881. The Morgan fingerprint density at radius 1 is 0.615 bits per heavy atom. The van der Waals surface area contributed by atoms with Crippen molar-refractivity contribution in [1.82, 2.24) is 0 Å². The molecular formula is C33H25NO5. The number of carbonyl (C=O) groups is 1. The molecule has 5 aromatic rings. The molecule has 0 atom stereocenters. The van der Waals surface area contributed by atoms with E-state index in [4.69, 9.17) is 9.47 Å². The second-order valence-corrected chi connectivity index (χ2v) is 8.92. The second-order valence-electron chi connectivity index (χ2n) is 8.92. The molecule has 39 heavy (non-hydrogen) atoms. The van der Waals surface area contributed by atoms with E-state index in [0.717, 1.165) is 22.3 Å². The van der Waals surface area contributed by atoms with Crippen LogP contribution in [-0.4, -0.2) is 10.9 Å². The molecule has 0 aromatic heterocycles. The van der Waals surface area contributed by atoms with Gasteiger partial charge in [-0.2, -0.15) is 0 Å². The van der Waals surface area contributed by atoms with Gasteiger partial charge in [-0.05, 0) is 46.5 Å². The van der Waals surface area contributed by atoms with E-state index in [1.807, 2.05) is 103 Å². The first-order valence-corrected chi connectivity index (χ1v) is 12.4. The Morgan fingerprint density at radius 3 is 1.44 bits per heavy atom. The number of hydrogen-bond acceptors (Lipinski definition) is 5. The highest BCUT2D eigenvalue weighted by molar-refractivity contribution is 5.92. The highest BCUT2D eigenvalue weighted by atomic mass is 16.6. The van der Waals surface area contributed by atoms with Crippen LogP contribution in [0.15, 0.2) is 140 Å². The molecule has 0 heterocycles. The molecule has 5 rings (SSSR count). The molecule has 192 valence electrons. The van der Waals surface area contributed by atoms with Gasteiger partial charge in [-0.25, -0.2) is 0 Å². The van der Waals surface area contributed by atoms with Crippen molar-refractivity contribution in [1.29, 1.82) is 0 Å². The fourth-order valence-electron chi connectivity index (χ4n) is 4.60. The van der Waals surface area contributed by atoms with Crippen LogP contribution in [0.1, 0.15) is 22.3 Å². The van der Waals surface area contributed by atoms with Gasteiger partial charge in [0, 0.05) is 12.1 Å². The monoisotopic (exact) mass is 515 g/mol. The molecule has 6 nitrogen and oxygen atoms in total. The number of ether oxygens (including phenoxy) is 2. The summed E-state index contributed by atoms with van der Waals surface area (Å²) in [5.41, 5.74) is 2.10. The van der Waals surface area contributed by atoms with Crippen molar-refractivity contribution in [3.8, 4) is 11.5 Å². The number of nitrogens with zero attached hydrogens (tertiary/aromatic N) is 1. The molecule has 0 spiro atoms. The van der Waals surface area contributed by atoms with Gasteiger partial charge in [-0.1, -0.05) is 103 Å². The summed E-state index contributed by atoms with van der Waals surface area (Å²) in [5.74, 6) is 0.668. The Bertz CT molecular complexity index is 1440. The summed E-state index contributed by atoms with van der Waals surface area (Å²) in [6.45, 7) is 0.0743. The number of nitro benzene ring substituents is 1. The second kappa shape index (κ2) is 11.4. The van der Waals surface area contributed by atoms with E-state index in [1.165, 1.54) is 12.1 Å². The highest BCUT2D eigenvalue weighted by Gasteiger charge is 2.45. The molecule has 0 unspecified atom stereocenters. The predicted octanol–water partition coefficient (Wildman–Crippen LogP) is 7.46. The summed E-state index contributed by atoms with van der Waals surface area (Å²) in [5, 5.41) is 10.9. The fourth-order valence-corrected chi connectivity index (χ4v) is 4.60. The highest BCUT2D eigenvalue weighted by Crippen LogP contribution is 2.40. The van der Waals surface area contributed by atoms with Crippen molar-refractivity contribution < 1.29 is 19.2 Å². The van der Waals surface area contributed by atoms with Gasteiger partial charge in [0.25, 0.3) is 5.69 Å². The Balaban J connectivity index is 1.39. The number of benzene rings is 5. The van der Waals surface area contributed by atoms with Crippen LogP contribution in [0.4, 0.5) is 5.69 Å². The number of non-ortho nitro benzene ring substituents is 1. The maximum Gasteiger partial charge on any atom is 0.325 e. The first kappa shape index (κ1) is 25.4. The summed E-state index contributed by atoms with van der Waals surface area (Å²) in [4.78, 5) is 24.5. The number of hydrogen-bond donors (Lipinski definition) is 0. The van der Waals surface area contributed by atoms with E-state index in [0.29, 0.717) is 11.5 Å². The van der Waals surface area contributed by atoms with Crippen LogP contribution in [0, 0.1) is 10.1 Å². The van der Waals surface area contributed by atoms with Gasteiger partial charge in [0.1, 0.15) is 23.5 Å². The number of rotatable bonds is 9. The van der Waals surface area contributed by atoms with Crippen LogP contribution < -0.4 is 4.74 Å². The molecule has 0 aliphatic rings. The van der Waals surface area contributed by atoms with Gasteiger partial charge >= 0.3 is 5.97 Å². The van der Waals surface area contributed by atoms with Crippen LogP contribution in [0.25, 0.3) is 0 Å². The third kappa shape index (κ3) is 5.40. The van der Waals surface area contributed by atoms with Crippen LogP contribution in [0.2, 0.25) is 0 Å². The third-order valence-corrected chi connectivity index (χ3v) is 6.50. The van der Waals surface area contributed by atoms with Crippen LogP contribution >= 0.6 is 0 Å². The van der Waals surface area contributed by atoms with Crippen molar-refractivity contribution in [3.05, 3.63) is 172 Å². The minimum Gasteiger partial charge on any atom is -0.460 e. The molecule has 0 saturated heterocycles.